The van der Waals surface area contributed by atoms with Crippen molar-refractivity contribution in [2.24, 2.45) is 0 Å². The molecule has 0 aliphatic rings. The number of nitrogens with zero attached hydrogens (tertiary/aromatic N) is 1. The highest BCUT2D eigenvalue weighted by molar-refractivity contribution is 9.10. The lowest BCUT2D eigenvalue weighted by Crippen LogP contribution is -1.88. The van der Waals surface area contributed by atoms with Gasteiger partial charge in [0, 0.05) is 6.07 Å². The number of hydrogen-bond donors (Lipinski definition) is 1. The van der Waals surface area contributed by atoms with E-state index in [1.165, 1.54) is 18.2 Å². The van der Waals surface area contributed by atoms with E-state index < -0.39 is 4.92 Å². The molecule has 1 aromatic carbocycles. The summed E-state index contributed by atoms with van der Waals surface area (Å²) >= 11 is 12.4. The Hall–Kier alpha value is -0.520. The third kappa shape index (κ3) is 4.13. The summed E-state index contributed by atoms with van der Waals surface area (Å²) < 4.78 is 0.116. The number of halogens is 3. The van der Waals surface area contributed by atoms with Crippen LogP contribution in [0.4, 0.5) is 5.69 Å². The predicted molar refractivity (Wildman–Crippen MR) is 59.0 cm³/mol. The number of phenolic OH excluding ortho intramolecular Hbond substituents is 1. The zero-order valence-electron chi connectivity index (χ0n) is 6.78. The highest BCUT2D eigenvalue weighted by atomic mass is 79.9. The molecule has 0 aromatic heterocycles. The van der Waals surface area contributed by atoms with Crippen molar-refractivity contribution in [1.82, 2.24) is 0 Å². The Morgan fingerprint density at radius 2 is 2.00 bits per heavy atom. The number of alkyl halides is 2. The van der Waals surface area contributed by atoms with E-state index in [-0.39, 0.29) is 21.2 Å². The summed E-state index contributed by atoms with van der Waals surface area (Å²) in [6.45, 7) is 0. The van der Waals surface area contributed by atoms with Gasteiger partial charge in [-0.3, -0.25) is 10.1 Å². The van der Waals surface area contributed by atoms with E-state index in [4.69, 9.17) is 28.3 Å². The maximum atomic E-state index is 10.2. The summed E-state index contributed by atoms with van der Waals surface area (Å²) in [7, 11) is 0. The Kier molecular flexibility index (Phi) is 6.61. The molecular formula is C7H6BrCl2NO3. The summed E-state index contributed by atoms with van der Waals surface area (Å²) in [5.41, 5.74) is -0.134. The number of aromatic hydroxyl groups is 1. The number of phenols is 1. The Morgan fingerprint density at radius 3 is 2.36 bits per heavy atom. The van der Waals surface area contributed by atoms with Crippen molar-refractivity contribution in [2.75, 3.05) is 5.34 Å². The van der Waals surface area contributed by atoms with Gasteiger partial charge in [0.25, 0.3) is 5.69 Å². The summed E-state index contributed by atoms with van der Waals surface area (Å²) in [4.78, 5) is 9.67. The molecule has 0 unspecified atom stereocenters. The van der Waals surface area contributed by atoms with Gasteiger partial charge in [0.2, 0.25) is 0 Å². The molecule has 78 valence electrons. The standard InChI is InChI=1S/C6H4BrNO3.CH2Cl2/c7-6-4(8(10)11)2-1-3-5(6)9;2-1-3/h1-3,9H;1H2. The van der Waals surface area contributed by atoms with Gasteiger partial charge in [0.05, 0.1) is 10.3 Å². The first-order valence-electron chi connectivity index (χ1n) is 3.28. The van der Waals surface area contributed by atoms with E-state index in [0.717, 1.165) is 0 Å². The van der Waals surface area contributed by atoms with Crippen LogP contribution in [-0.2, 0) is 0 Å². The molecule has 0 saturated heterocycles. The monoisotopic (exact) mass is 301 g/mol. The summed E-state index contributed by atoms with van der Waals surface area (Å²) in [5, 5.41) is 19.4. The smallest absolute Gasteiger partial charge is 0.287 e. The minimum atomic E-state index is -0.566. The predicted octanol–water partition coefficient (Wildman–Crippen LogP) is 3.48. The Labute approximate surface area is 98.7 Å². The van der Waals surface area contributed by atoms with Crippen molar-refractivity contribution in [3.8, 4) is 5.75 Å². The van der Waals surface area contributed by atoms with Gasteiger partial charge in [-0.25, -0.2) is 0 Å². The molecule has 0 heterocycles. The van der Waals surface area contributed by atoms with Crippen molar-refractivity contribution in [2.45, 2.75) is 0 Å². The van der Waals surface area contributed by atoms with Gasteiger partial charge in [-0.2, -0.15) is 0 Å². The van der Waals surface area contributed by atoms with Gasteiger partial charge in [-0.15, -0.1) is 23.2 Å². The van der Waals surface area contributed by atoms with Crippen molar-refractivity contribution in [1.29, 1.82) is 0 Å². The van der Waals surface area contributed by atoms with Crippen LogP contribution in [0.5, 0.6) is 5.75 Å². The molecule has 1 aromatic rings. The molecule has 14 heavy (non-hydrogen) atoms. The molecule has 0 aliphatic carbocycles. The van der Waals surface area contributed by atoms with E-state index in [2.05, 4.69) is 15.9 Å². The second-order valence-corrected chi connectivity index (χ2v) is 3.57. The first-order chi connectivity index (χ1) is 6.54. The fourth-order valence-electron chi connectivity index (χ4n) is 0.649. The van der Waals surface area contributed by atoms with Crippen LogP contribution in [0, 0.1) is 10.1 Å². The highest BCUT2D eigenvalue weighted by Gasteiger charge is 2.13. The van der Waals surface area contributed by atoms with Crippen molar-refractivity contribution in [3.63, 3.8) is 0 Å². The Bertz CT molecular complexity index is 322. The van der Waals surface area contributed by atoms with Crippen molar-refractivity contribution < 1.29 is 10.0 Å². The zero-order chi connectivity index (χ0) is 11.1. The molecule has 1 rings (SSSR count). The highest BCUT2D eigenvalue weighted by Crippen LogP contribution is 2.32. The summed E-state index contributed by atoms with van der Waals surface area (Å²) in [5.74, 6) is -0.126. The first kappa shape index (κ1) is 13.5. The van der Waals surface area contributed by atoms with Crippen molar-refractivity contribution in [3.05, 3.63) is 32.8 Å². The van der Waals surface area contributed by atoms with Gasteiger partial charge in [-0.05, 0) is 22.0 Å². The van der Waals surface area contributed by atoms with Gasteiger partial charge in [-0.1, -0.05) is 6.07 Å². The van der Waals surface area contributed by atoms with Crippen molar-refractivity contribution >= 4 is 44.8 Å². The number of nitro groups is 1. The van der Waals surface area contributed by atoms with E-state index in [1.807, 2.05) is 0 Å². The van der Waals surface area contributed by atoms with Crippen LogP contribution in [0.25, 0.3) is 0 Å². The fourth-order valence-corrected chi connectivity index (χ4v) is 1.06. The fraction of sp³-hybridized carbons (Fsp3) is 0.143. The molecule has 0 atom stereocenters. The molecule has 1 N–H and O–H groups in total. The SMILES string of the molecule is ClCCl.O=[N+]([O-])c1cccc(O)c1Br. The maximum Gasteiger partial charge on any atom is 0.287 e. The molecule has 0 radical (unpaired) electrons. The normalized spacial score (nSPS) is 8.79. The lowest BCUT2D eigenvalue weighted by atomic mass is 10.3. The van der Waals surface area contributed by atoms with E-state index in [1.54, 1.807) is 0 Å². The topological polar surface area (TPSA) is 63.4 Å². The van der Waals surface area contributed by atoms with Crippen LogP contribution >= 0.6 is 39.1 Å². The third-order valence-corrected chi connectivity index (χ3v) is 1.97. The lowest BCUT2D eigenvalue weighted by Gasteiger charge is -1.95. The number of hydrogen-bond acceptors (Lipinski definition) is 3. The summed E-state index contributed by atoms with van der Waals surface area (Å²) in [6, 6.07) is 4.10. The van der Waals surface area contributed by atoms with Gasteiger partial charge >= 0.3 is 0 Å². The van der Waals surface area contributed by atoms with E-state index in [0.29, 0.717) is 0 Å². The maximum absolute atomic E-state index is 10.2. The minimum absolute atomic E-state index is 0.116. The first-order valence-corrected chi connectivity index (χ1v) is 5.14. The van der Waals surface area contributed by atoms with E-state index >= 15 is 0 Å². The Morgan fingerprint density at radius 1 is 1.50 bits per heavy atom. The molecule has 0 bridgehead atoms. The van der Waals surface area contributed by atoms with Crippen LogP contribution in [0.1, 0.15) is 0 Å². The number of rotatable bonds is 1. The molecule has 0 spiro atoms. The molecule has 0 saturated carbocycles. The molecule has 0 fully saturated rings. The second-order valence-electron chi connectivity index (χ2n) is 1.97. The minimum Gasteiger partial charge on any atom is -0.507 e. The summed E-state index contributed by atoms with van der Waals surface area (Å²) in [6.07, 6.45) is 0. The van der Waals surface area contributed by atoms with Crippen LogP contribution in [0.15, 0.2) is 22.7 Å². The molecule has 0 amide bonds. The van der Waals surface area contributed by atoms with Gasteiger partial charge in [0.1, 0.15) is 10.2 Å². The quantitative estimate of drug-likeness (QED) is 0.491. The van der Waals surface area contributed by atoms with Crippen LogP contribution < -0.4 is 0 Å². The van der Waals surface area contributed by atoms with Crippen LogP contribution in [0.3, 0.4) is 0 Å². The van der Waals surface area contributed by atoms with E-state index in [9.17, 15) is 10.1 Å². The van der Waals surface area contributed by atoms with Crippen LogP contribution in [-0.4, -0.2) is 15.4 Å². The average Bonchev–Trinajstić information content (AvgIpc) is 2.10. The molecular weight excluding hydrogens is 297 g/mol. The number of nitro benzene ring substituents is 1. The van der Waals surface area contributed by atoms with Gasteiger partial charge in [0.15, 0.2) is 0 Å². The van der Waals surface area contributed by atoms with Crippen LogP contribution in [0.2, 0.25) is 0 Å². The lowest BCUT2D eigenvalue weighted by molar-refractivity contribution is -0.385. The number of benzene rings is 1. The average molecular weight is 303 g/mol. The second kappa shape index (κ2) is 6.86. The zero-order valence-corrected chi connectivity index (χ0v) is 9.88. The third-order valence-electron chi connectivity index (χ3n) is 1.15. The molecule has 4 nitrogen and oxygen atoms in total. The molecule has 7 heteroatoms. The van der Waals surface area contributed by atoms with Gasteiger partial charge < -0.3 is 5.11 Å². The molecule has 0 aliphatic heterocycles. The largest absolute Gasteiger partial charge is 0.507 e. The Balaban J connectivity index is 0.000000500.